The molecular weight excluding hydrogens is 232 g/mol. The second kappa shape index (κ2) is 6.10. The molecule has 0 aromatic rings. The Bertz CT molecular complexity index is 277. The average molecular weight is 256 g/mol. The lowest BCUT2D eigenvalue weighted by Gasteiger charge is -2.40. The summed E-state index contributed by atoms with van der Waals surface area (Å²) in [6.45, 7) is 6.35. The van der Waals surface area contributed by atoms with Gasteiger partial charge in [0.15, 0.2) is 5.17 Å². The van der Waals surface area contributed by atoms with Gasteiger partial charge in [0.1, 0.15) is 0 Å². The summed E-state index contributed by atoms with van der Waals surface area (Å²) < 4.78 is 6.00. The van der Waals surface area contributed by atoms with Crippen LogP contribution in [0.15, 0.2) is 4.99 Å². The summed E-state index contributed by atoms with van der Waals surface area (Å²) in [7, 11) is 0. The van der Waals surface area contributed by atoms with Crippen molar-refractivity contribution in [1.82, 2.24) is 5.32 Å². The van der Waals surface area contributed by atoms with Crippen LogP contribution in [-0.2, 0) is 4.74 Å². The van der Waals surface area contributed by atoms with E-state index >= 15 is 0 Å². The molecule has 2 heterocycles. The van der Waals surface area contributed by atoms with Crippen LogP contribution in [0.1, 0.15) is 46.0 Å². The maximum Gasteiger partial charge on any atom is 0.156 e. The highest BCUT2D eigenvalue weighted by Gasteiger charge is 2.34. The zero-order chi connectivity index (χ0) is 12.1. The van der Waals surface area contributed by atoms with Gasteiger partial charge in [0, 0.05) is 24.9 Å². The van der Waals surface area contributed by atoms with E-state index in [0.717, 1.165) is 44.0 Å². The molecular formula is C13H24N2OS. The number of rotatable bonds is 3. The van der Waals surface area contributed by atoms with Gasteiger partial charge in [-0.25, -0.2) is 0 Å². The van der Waals surface area contributed by atoms with Crippen molar-refractivity contribution in [1.29, 1.82) is 0 Å². The number of hydrogen-bond donors (Lipinski definition) is 1. The molecule has 2 rings (SSSR count). The highest BCUT2D eigenvalue weighted by molar-refractivity contribution is 8.13. The number of thioether (sulfide) groups is 1. The fraction of sp³-hybridized carbons (Fsp3) is 0.923. The summed E-state index contributed by atoms with van der Waals surface area (Å²) in [4.78, 5) is 4.55. The minimum atomic E-state index is 0.107. The molecule has 1 N–H and O–H groups in total. The number of nitrogens with zero attached hydrogens (tertiary/aromatic N) is 1. The fourth-order valence-corrected chi connectivity index (χ4v) is 3.51. The Morgan fingerprint density at radius 1 is 1.47 bits per heavy atom. The molecule has 0 aromatic heterocycles. The third kappa shape index (κ3) is 3.38. The van der Waals surface area contributed by atoms with Crippen LogP contribution in [0.2, 0.25) is 0 Å². The molecule has 2 aliphatic rings. The van der Waals surface area contributed by atoms with Gasteiger partial charge in [-0.3, -0.25) is 4.99 Å². The molecule has 1 unspecified atom stereocenters. The average Bonchev–Trinajstić information content (AvgIpc) is 2.40. The summed E-state index contributed by atoms with van der Waals surface area (Å²) in [5.74, 6) is 1.21. The summed E-state index contributed by atoms with van der Waals surface area (Å²) in [5, 5.41) is 4.77. The van der Waals surface area contributed by atoms with Crippen LogP contribution in [0.4, 0.5) is 0 Å². The predicted molar refractivity (Wildman–Crippen MR) is 74.8 cm³/mol. The molecule has 98 valence electrons. The van der Waals surface area contributed by atoms with Crippen molar-refractivity contribution in [2.45, 2.75) is 57.6 Å². The van der Waals surface area contributed by atoms with Crippen LogP contribution in [0.5, 0.6) is 0 Å². The molecule has 0 aromatic carbocycles. The van der Waals surface area contributed by atoms with Gasteiger partial charge in [0.05, 0.1) is 5.60 Å². The van der Waals surface area contributed by atoms with E-state index in [2.05, 4.69) is 24.2 Å². The largest absolute Gasteiger partial charge is 0.375 e. The molecule has 17 heavy (non-hydrogen) atoms. The lowest BCUT2D eigenvalue weighted by Crippen LogP contribution is -2.47. The first-order chi connectivity index (χ1) is 8.28. The third-order valence-corrected chi connectivity index (χ3v) is 4.92. The first-order valence-corrected chi connectivity index (χ1v) is 7.84. The molecule has 1 fully saturated rings. The van der Waals surface area contributed by atoms with E-state index in [1.807, 2.05) is 11.8 Å². The summed E-state index contributed by atoms with van der Waals surface area (Å²) >= 11 is 1.87. The number of ether oxygens (including phenoxy) is 1. The quantitative estimate of drug-likeness (QED) is 0.843. The molecule has 0 spiro atoms. The molecule has 0 radical (unpaired) electrons. The van der Waals surface area contributed by atoms with Crippen LogP contribution >= 0.6 is 11.8 Å². The van der Waals surface area contributed by atoms with Crippen molar-refractivity contribution in [2.24, 2.45) is 4.99 Å². The lowest BCUT2D eigenvalue weighted by molar-refractivity contribution is -0.0909. The SMILES string of the molecule is CCC1(CC)CC(NC2=NCCCS2)CCO1. The van der Waals surface area contributed by atoms with Crippen LogP contribution in [0.3, 0.4) is 0 Å². The van der Waals surface area contributed by atoms with Gasteiger partial charge in [0.2, 0.25) is 0 Å². The predicted octanol–water partition coefficient (Wildman–Crippen LogP) is 2.81. The van der Waals surface area contributed by atoms with Crippen molar-refractivity contribution in [2.75, 3.05) is 18.9 Å². The Balaban J connectivity index is 1.90. The Kier molecular flexibility index (Phi) is 4.74. The van der Waals surface area contributed by atoms with Crippen molar-refractivity contribution in [3.63, 3.8) is 0 Å². The van der Waals surface area contributed by atoms with E-state index in [4.69, 9.17) is 4.74 Å². The van der Waals surface area contributed by atoms with E-state index in [9.17, 15) is 0 Å². The van der Waals surface area contributed by atoms with Crippen molar-refractivity contribution < 1.29 is 4.74 Å². The zero-order valence-corrected chi connectivity index (χ0v) is 11.8. The smallest absolute Gasteiger partial charge is 0.156 e. The Hall–Kier alpha value is -0.220. The maximum atomic E-state index is 6.00. The van der Waals surface area contributed by atoms with Crippen molar-refractivity contribution in [3.8, 4) is 0 Å². The summed E-state index contributed by atoms with van der Waals surface area (Å²) in [6, 6.07) is 0.549. The number of amidine groups is 1. The molecule has 1 atom stereocenters. The first kappa shape index (κ1) is 13.2. The molecule has 0 amide bonds. The summed E-state index contributed by atoms with van der Waals surface area (Å²) in [5.41, 5.74) is 0.107. The molecule has 1 saturated heterocycles. The van der Waals surface area contributed by atoms with Gasteiger partial charge >= 0.3 is 0 Å². The van der Waals surface area contributed by atoms with Gasteiger partial charge in [-0.1, -0.05) is 25.6 Å². The molecule has 0 bridgehead atoms. The Morgan fingerprint density at radius 3 is 2.94 bits per heavy atom. The standard InChI is InChI=1S/C13H24N2OS/c1-3-13(4-2)10-11(6-8-16-13)15-12-14-7-5-9-17-12/h11H,3-10H2,1-2H3,(H,14,15). The highest BCUT2D eigenvalue weighted by atomic mass is 32.2. The molecule has 3 nitrogen and oxygen atoms in total. The van der Waals surface area contributed by atoms with Gasteiger partial charge in [0.25, 0.3) is 0 Å². The zero-order valence-electron chi connectivity index (χ0n) is 11.0. The minimum Gasteiger partial charge on any atom is -0.375 e. The van der Waals surface area contributed by atoms with Crippen LogP contribution in [-0.4, -0.2) is 35.7 Å². The fourth-order valence-electron chi connectivity index (χ4n) is 2.62. The molecule has 4 heteroatoms. The molecule has 0 saturated carbocycles. The molecule has 0 aliphatic carbocycles. The van der Waals surface area contributed by atoms with Gasteiger partial charge < -0.3 is 10.1 Å². The van der Waals surface area contributed by atoms with Crippen LogP contribution < -0.4 is 5.32 Å². The maximum absolute atomic E-state index is 6.00. The van der Waals surface area contributed by atoms with E-state index in [-0.39, 0.29) is 5.60 Å². The number of nitrogens with one attached hydrogen (secondary N) is 1. The third-order valence-electron chi connectivity index (χ3n) is 3.91. The normalized spacial score (nSPS) is 28.6. The van der Waals surface area contributed by atoms with Crippen LogP contribution in [0.25, 0.3) is 0 Å². The van der Waals surface area contributed by atoms with Crippen molar-refractivity contribution >= 4 is 16.9 Å². The van der Waals surface area contributed by atoms with Gasteiger partial charge in [-0.05, 0) is 32.1 Å². The topological polar surface area (TPSA) is 33.6 Å². The number of hydrogen-bond acceptors (Lipinski definition) is 4. The van der Waals surface area contributed by atoms with E-state index < -0.39 is 0 Å². The van der Waals surface area contributed by atoms with Gasteiger partial charge in [-0.2, -0.15) is 0 Å². The second-order valence-electron chi connectivity index (χ2n) is 4.96. The Labute approximate surface area is 109 Å². The highest BCUT2D eigenvalue weighted by Crippen LogP contribution is 2.31. The Morgan fingerprint density at radius 2 is 2.29 bits per heavy atom. The van der Waals surface area contributed by atoms with Crippen LogP contribution in [0, 0.1) is 0 Å². The van der Waals surface area contributed by atoms with Crippen molar-refractivity contribution in [3.05, 3.63) is 0 Å². The molecule has 2 aliphatic heterocycles. The summed E-state index contributed by atoms with van der Waals surface area (Å²) in [6.07, 6.45) is 5.68. The number of aliphatic imine (C=N–C) groups is 1. The first-order valence-electron chi connectivity index (χ1n) is 6.86. The second-order valence-corrected chi connectivity index (χ2v) is 6.05. The van der Waals surface area contributed by atoms with E-state index in [0.29, 0.717) is 6.04 Å². The van der Waals surface area contributed by atoms with Gasteiger partial charge in [-0.15, -0.1) is 0 Å². The van der Waals surface area contributed by atoms with E-state index in [1.165, 1.54) is 12.2 Å². The monoisotopic (exact) mass is 256 g/mol. The minimum absolute atomic E-state index is 0.107. The lowest BCUT2D eigenvalue weighted by atomic mass is 9.86. The van der Waals surface area contributed by atoms with E-state index in [1.54, 1.807) is 0 Å².